The van der Waals surface area contributed by atoms with Gasteiger partial charge in [-0.3, -0.25) is 14.9 Å². The Kier molecular flexibility index (Phi) is 6.56. The number of hydrogen-bond acceptors (Lipinski definition) is 5. The number of carbonyl (C=O) groups excluding carboxylic acids is 1. The van der Waals surface area contributed by atoms with Crippen LogP contribution in [0.2, 0.25) is 0 Å². The second-order valence-electron chi connectivity index (χ2n) is 7.64. The minimum absolute atomic E-state index is 0.0462. The second-order valence-corrected chi connectivity index (χ2v) is 9.52. The molecule has 9 heteroatoms. The highest BCUT2D eigenvalue weighted by Crippen LogP contribution is 2.26. The lowest BCUT2D eigenvalue weighted by Gasteiger charge is -2.34. The molecule has 0 spiro atoms. The normalized spacial score (nSPS) is 15.4. The zero-order chi connectivity index (χ0) is 22.8. The lowest BCUT2D eigenvalue weighted by molar-refractivity contribution is -0.384. The van der Waals surface area contributed by atoms with Gasteiger partial charge in [-0.15, -0.1) is 0 Å². The van der Waals surface area contributed by atoms with Gasteiger partial charge in [0.05, 0.1) is 9.82 Å². The lowest BCUT2D eigenvalue weighted by atomic mass is 10.1. The van der Waals surface area contributed by atoms with Gasteiger partial charge in [0.25, 0.3) is 5.69 Å². The van der Waals surface area contributed by atoms with E-state index >= 15 is 0 Å². The molecule has 1 amide bonds. The second kappa shape index (κ2) is 8.99. The van der Waals surface area contributed by atoms with E-state index in [2.05, 4.69) is 0 Å². The number of amides is 1. The van der Waals surface area contributed by atoms with Gasteiger partial charge in [-0.1, -0.05) is 29.8 Å². The number of non-ortho nitro benzene ring substituents is 1. The summed E-state index contributed by atoms with van der Waals surface area (Å²) in [5, 5.41) is 10.9. The first-order valence-electron chi connectivity index (χ1n) is 9.89. The molecule has 0 unspecified atom stereocenters. The first-order chi connectivity index (χ1) is 14.6. The number of rotatable bonds is 5. The first-order valence-corrected chi connectivity index (χ1v) is 11.3. The van der Waals surface area contributed by atoms with Crippen molar-refractivity contribution in [2.75, 3.05) is 26.2 Å². The van der Waals surface area contributed by atoms with E-state index in [9.17, 15) is 23.3 Å². The van der Waals surface area contributed by atoms with Crippen molar-refractivity contribution in [3.8, 4) is 0 Å². The summed E-state index contributed by atoms with van der Waals surface area (Å²) in [6.45, 7) is 6.51. The molecule has 2 aromatic carbocycles. The Bertz CT molecular complexity index is 1130. The summed E-state index contributed by atoms with van der Waals surface area (Å²) in [5.41, 5.74) is 2.95. The average molecular weight is 444 g/mol. The zero-order valence-corrected chi connectivity index (χ0v) is 18.6. The highest BCUT2D eigenvalue weighted by molar-refractivity contribution is 7.89. The van der Waals surface area contributed by atoms with Crippen LogP contribution in [0, 0.1) is 30.9 Å². The molecule has 1 heterocycles. The number of hydrogen-bond donors (Lipinski definition) is 0. The minimum Gasteiger partial charge on any atom is -0.337 e. The van der Waals surface area contributed by atoms with Gasteiger partial charge >= 0.3 is 0 Å². The van der Waals surface area contributed by atoms with Crippen LogP contribution in [-0.4, -0.2) is 54.6 Å². The number of nitro benzene ring substituents is 1. The maximum absolute atomic E-state index is 13.2. The number of aryl methyl sites for hydroxylation is 3. The summed E-state index contributed by atoms with van der Waals surface area (Å²) in [4.78, 5) is 24.8. The van der Waals surface area contributed by atoms with Gasteiger partial charge in [0.2, 0.25) is 15.9 Å². The van der Waals surface area contributed by atoms with Crippen molar-refractivity contribution in [3.05, 3.63) is 74.8 Å². The molecule has 0 atom stereocenters. The Hall–Kier alpha value is -3.04. The Labute approximate surface area is 182 Å². The van der Waals surface area contributed by atoms with E-state index in [1.54, 1.807) is 30.9 Å². The molecule has 0 bridgehead atoms. The number of nitrogens with zero attached hydrogens (tertiary/aromatic N) is 3. The van der Waals surface area contributed by atoms with Crippen LogP contribution < -0.4 is 0 Å². The predicted molar refractivity (Wildman–Crippen MR) is 118 cm³/mol. The van der Waals surface area contributed by atoms with Gasteiger partial charge in [-0.25, -0.2) is 8.42 Å². The molecule has 0 saturated carbocycles. The van der Waals surface area contributed by atoms with Crippen molar-refractivity contribution in [3.63, 3.8) is 0 Å². The highest BCUT2D eigenvalue weighted by atomic mass is 32.2. The van der Waals surface area contributed by atoms with E-state index in [0.29, 0.717) is 10.5 Å². The number of benzene rings is 2. The van der Waals surface area contributed by atoms with Crippen LogP contribution in [0.15, 0.2) is 47.4 Å². The molecule has 31 heavy (non-hydrogen) atoms. The van der Waals surface area contributed by atoms with E-state index in [1.807, 2.05) is 19.1 Å². The third-order valence-corrected chi connectivity index (χ3v) is 7.46. The van der Waals surface area contributed by atoms with E-state index in [-0.39, 0.29) is 37.8 Å². The third kappa shape index (κ3) is 5.00. The third-order valence-electron chi connectivity index (χ3n) is 5.25. The van der Waals surface area contributed by atoms with Crippen LogP contribution in [0.4, 0.5) is 5.69 Å². The number of sulfonamides is 1. The zero-order valence-electron chi connectivity index (χ0n) is 17.7. The number of piperazine rings is 1. The molecular weight excluding hydrogens is 418 g/mol. The smallest absolute Gasteiger partial charge is 0.270 e. The van der Waals surface area contributed by atoms with Gasteiger partial charge in [-0.05, 0) is 43.5 Å². The molecule has 0 radical (unpaired) electrons. The summed E-state index contributed by atoms with van der Waals surface area (Å²) in [7, 11) is -3.64. The fraction of sp³-hybridized carbons (Fsp3) is 0.318. The standard InChI is InChI=1S/C22H25N3O5S/c1-16-13-17(2)22(18(3)14-16)31(29,30)24-11-9-23(10-12-24)21(26)8-7-19-5-4-6-20(15-19)25(27)28/h4-8,13-15H,9-12H2,1-3H3. The Morgan fingerprint density at radius 3 is 2.23 bits per heavy atom. The lowest BCUT2D eigenvalue weighted by Crippen LogP contribution is -2.50. The summed E-state index contributed by atoms with van der Waals surface area (Å²) in [5.74, 6) is -0.258. The summed E-state index contributed by atoms with van der Waals surface area (Å²) < 4.78 is 27.8. The average Bonchev–Trinajstić information content (AvgIpc) is 2.71. The largest absolute Gasteiger partial charge is 0.337 e. The quantitative estimate of drug-likeness (QED) is 0.402. The molecule has 2 aromatic rings. The summed E-state index contributed by atoms with van der Waals surface area (Å²) in [6.07, 6.45) is 2.88. The number of carbonyl (C=O) groups is 1. The van der Waals surface area contributed by atoms with Crippen molar-refractivity contribution in [2.24, 2.45) is 0 Å². The number of nitro groups is 1. The molecule has 3 rings (SSSR count). The van der Waals surface area contributed by atoms with Crippen LogP contribution in [-0.2, 0) is 14.8 Å². The fourth-order valence-corrected chi connectivity index (χ4v) is 5.70. The Balaban J connectivity index is 1.67. The van der Waals surface area contributed by atoms with E-state index in [0.717, 1.165) is 16.7 Å². The highest BCUT2D eigenvalue weighted by Gasteiger charge is 2.31. The molecule has 0 aromatic heterocycles. The van der Waals surface area contributed by atoms with Crippen LogP contribution in [0.25, 0.3) is 6.08 Å². The molecule has 0 N–H and O–H groups in total. The van der Waals surface area contributed by atoms with Gasteiger partial charge in [0, 0.05) is 44.4 Å². The van der Waals surface area contributed by atoms with Gasteiger partial charge in [0.15, 0.2) is 0 Å². The van der Waals surface area contributed by atoms with Crippen molar-refractivity contribution in [1.82, 2.24) is 9.21 Å². The maximum atomic E-state index is 13.2. The summed E-state index contributed by atoms with van der Waals surface area (Å²) >= 11 is 0. The molecule has 1 aliphatic heterocycles. The minimum atomic E-state index is -3.64. The van der Waals surface area contributed by atoms with E-state index in [4.69, 9.17) is 0 Å². The first kappa shape index (κ1) is 22.6. The molecule has 1 aliphatic rings. The van der Waals surface area contributed by atoms with Crippen LogP contribution >= 0.6 is 0 Å². The molecule has 1 saturated heterocycles. The molecular formula is C22H25N3O5S. The van der Waals surface area contributed by atoms with Crippen LogP contribution in [0.5, 0.6) is 0 Å². The van der Waals surface area contributed by atoms with Crippen molar-refractivity contribution in [1.29, 1.82) is 0 Å². The van der Waals surface area contributed by atoms with E-state index in [1.165, 1.54) is 28.6 Å². The SMILES string of the molecule is Cc1cc(C)c(S(=O)(=O)N2CCN(C(=O)C=Cc3cccc([N+](=O)[O-])c3)CC2)c(C)c1. The van der Waals surface area contributed by atoms with Crippen LogP contribution in [0.3, 0.4) is 0 Å². The van der Waals surface area contributed by atoms with E-state index < -0.39 is 14.9 Å². The molecule has 1 fully saturated rings. The molecule has 0 aliphatic carbocycles. The maximum Gasteiger partial charge on any atom is 0.270 e. The Morgan fingerprint density at radius 1 is 1.03 bits per heavy atom. The summed E-state index contributed by atoms with van der Waals surface area (Å²) in [6, 6.07) is 9.72. The topological polar surface area (TPSA) is 101 Å². The van der Waals surface area contributed by atoms with Crippen molar-refractivity contribution in [2.45, 2.75) is 25.7 Å². The monoisotopic (exact) mass is 443 g/mol. The molecule has 8 nitrogen and oxygen atoms in total. The van der Waals surface area contributed by atoms with Crippen molar-refractivity contribution >= 4 is 27.7 Å². The fourth-order valence-electron chi connectivity index (χ4n) is 3.87. The van der Waals surface area contributed by atoms with Gasteiger partial charge in [0.1, 0.15) is 0 Å². The molecule has 164 valence electrons. The predicted octanol–water partition coefficient (Wildman–Crippen LogP) is 3.07. The van der Waals surface area contributed by atoms with Crippen molar-refractivity contribution < 1.29 is 18.1 Å². The van der Waals surface area contributed by atoms with Crippen LogP contribution in [0.1, 0.15) is 22.3 Å². The van der Waals surface area contributed by atoms with Gasteiger partial charge < -0.3 is 4.90 Å². The Morgan fingerprint density at radius 2 is 1.65 bits per heavy atom. The van der Waals surface area contributed by atoms with Gasteiger partial charge in [-0.2, -0.15) is 4.31 Å².